The van der Waals surface area contributed by atoms with Crippen molar-refractivity contribution in [1.82, 2.24) is 10.3 Å². The zero-order valence-corrected chi connectivity index (χ0v) is 18.1. The van der Waals surface area contributed by atoms with Crippen molar-refractivity contribution in [3.8, 4) is 6.07 Å². The van der Waals surface area contributed by atoms with E-state index in [1.165, 1.54) is 18.7 Å². The molecule has 1 atom stereocenters. The predicted molar refractivity (Wildman–Crippen MR) is 123 cm³/mol. The van der Waals surface area contributed by atoms with Gasteiger partial charge in [-0.2, -0.15) is 5.26 Å². The molecule has 1 aliphatic rings. The lowest BCUT2D eigenvalue weighted by Gasteiger charge is -2.24. The summed E-state index contributed by atoms with van der Waals surface area (Å²) in [5.74, 6) is -0.362. The first-order valence-corrected chi connectivity index (χ1v) is 10.8. The second-order valence-corrected chi connectivity index (χ2v) is 8.02. The number of aliphatic carboxylic acids is 1. The smallest absolute Gasteiger partial charge is 0.303 e. The minimum atomic E-state index is -0.861. The normalized spacial score (nSPS) is 15.4. The fourth-order valence-corrected chi connectivity index (χ4v) is 3.92. The summed E-state index contributed by atoms with van der Waals surface area (Å²) in [5, 5.41) is 24.4. The third-order valence-electron chi connectivity index (χ3n) is 4.48. The van der Waals surface area contributed by atoms with E-state index in [1.807, 2.05) is 12.1 Å². The number of carbonyl (C=O) groups excluding carboxylic acids is 1. The Bertz CT molecular complexity index is 1120. The molecule has 0 radical (unpaired) electrons. The van der Waals surface area contributed by atoms with Gasteiger partial charge in [0.25, 0.3) is 0 Å². The largest absolute Gasteiger partial charge is 0.481 e. The SMILES string of the molecule is CC(=O)Nc1ccc(C2=C(C#N)C(N)=NC(SCc3cccc(CCC(=O)O)n3)N2)cc1. The zero-order chi connectivity index (χ0) is 23.1. The summed E-state index contributed by atoms with van der Waals surface area (Å²) in [6.45, 7) is 1.43. The van der Waals surface area contributed by atoms with Gasteiger partial charge in [0.2, 0.25) is 5.91 Å². The van der Waals surface area contributed by atoms with Gasteiger partial charge in [-0.05, 0) is 29.8 Å². The third kappa shape index (κ3) is 6.09. The van der Waals surface area contributed by atoms with Crippen LogP contribution in [0, 0.1) is 11.3 Å². The molecule has 0 saturated carbocycles. The van der Waals surface area contributed by atoms with Gasteiger partial charge in [0.05, 0.1) is 17.8 Å². The number of pyridine rings is 1. The maximum Gasteiger partial charge on any atom is 0.303 e. The van der Waals surface area contributed by atoms with Crippen molar-refractivity contribution in [2.24, 2.45) is 10.7 Å². The maximum absolute atomic E-state index is 11.2. The van der Waals surface area contributed by atoms with Gasteiger partial charge in [0.1, 0.15) is 17.5 Å². The molecule has 0 saturated heterocycles. The number of rotatable bonds is 8. The number of nitrogens with zero attached hydrogens (tertiary/aromatic N) is 3. The molecule has 2 aromatic rings. The highest BCUT2D eigenvalue weighted by molar-refractivity contribution is 7.99. The van der Waals surface area contributed by atoms with Crippen LogP contribution in [0.3, 0.4) is 0 Å². The summed E-state index contributed by atoms with van der Waals surface area (Å²) in [4.78, 5) is 30.9. The zero-order valence-electron chi connectivity index (χ0n) is 17.3. The van der Waals surface area contributed by atoms with E-state index >= 15 is 0 Å². The molecule has 0 bridgehead atoms. The molecular formula is C22H22N6O3S. The van der Waals surface area contributed by atoms with Gasteiger partial charge in [0.15, 0.2) is 5.50 Å². The number of carboxylic acid groups (broad SMARTS) is 1. The molecule has 2 heterocycles. The Hall–Kier alpha value is -3.84. The van der Waals surface area contributed by atoms with Crippen molar-refractivity contribution in [2.75, 3.05) is 5.32 Å². The monoisotopic (exact) mass is 450 g/mol. The van der Waals surface area contributed by atoms with Crippen molar-refractivity contribution >= 4 is 40.9 Å². The molecule has 0 aliphatic carbocycles. The van der Waals surface area contributed by atoms with E-state index < -0.39 is 11.5 Å². The van der Waals surface area contributed by atoms with Crippen molar-refractivity contribution in [2.45, 2.75) is 31.0 Å². The number of amides is 1. The average Bonchev–Trinajstić information content (AvgIpc) is 2.76. The van der Waals surface area contributed by atoms with E-state index in [-0.39, 0.29) is 23.7 Å². The number of aromatic nitrogens is 1. The second-order valence-electron chi connectivity index (χ2n) is 6.96. The van der Waals surface area contributed by atoms with Gasteiger partial charge < -0.3 is 21.5 Å². The number of aliphatic imine (C=N–C) groups is 1. The number of aryl methyl sites for hydroxylation is 1. The lowest BCUT2D eigenvalue weighted by atomic mass is 10.0. The van der Waals surface area contributed by atoms with Gasteiger partial charge >= 0.3 is 5.97 Å². The summed E-state index contributed by atoms with van der Waals surface area (Å²) in [6, 6.07) is 14.7. The number of hydrogen-bond donors (Lipinski definition) is 4. The first-order valence-electron chi connectivity index (χ1n) is 9.76. The van der Waals surface area contributed by atoms with Crippen LogP contribution in [0.25, 0.3) is 5.70 Å². The third-order valence-corrected chi connectivity index (χ3v) is 5.49. The van der Waals surface area contributed by atoms with Crippen LogP contribution in [0.5, 0.6) is 0 Å². The Balaban J connectivity index is 1.71. The van der Waals surface area contributed by atoms with Crippen LogP contribution in [-0.4, -0.2) is 33.3 Å². The Labute approximate surface area is 189 Å². The van der Waals surface area contributed by atoms with Crippen LogP contribution < -0.4 is 16.4 Å². The van der Waals surface area contributed by atoms with Crippen LogP contribution in [0.4, 0.5) is 5.69 Å². The highest BCUT2D eigenvalue weighted by Crippen LogP contribution is 2.27. The molecule has 164 valence electrons. The standard InChI is InChI=1S/C22H22N6O3S/c1-13(29)25-16-7-5-14(6-8-16)20-18(11-23)21(24)28-22(27-20)32-12-17-4-2-3-15(26-17)9-10-19(30)31/h2-8,22,27H,9-10,12H2,1H3,(H2,24,28)(H,25,29)(H,30,31). The topological polar surface area (TPSA) is 153 Å². The first kappa shape index (κ1) is 22.8. The fourth-order valence-electron chi connectivity index (χ4n) is 3.04. The minimum Gasteiger partial charge on any atom is -0.481 e. The molecule has 10 heteroatoms. The summed E-state index contributed by atoms with van der Waals surface area (Å²) in [7, 11) is 0. The minimum absolute atomic E-state index is 0.0282. The lowest BCUT2D eigenvalue weighted by molar-refractivity contribution is -0.137. The van der Waals surface area contributed by atoms with E-state index in [0.717, 1.165) is 17.0 Å². The van der Waals surface area contributed by atoms with Gasteiger partial charge in [-0.15, -0.1) is 11.8 Å². The number of carboxylic acids is 1. The molecule has 32 heavy (non-hydrogen) atoms. The molecule has 1 aromatic heterocycles. The van der Waals surface area contributed by atoms with Crippen molar-refractivity contribution in [3.63, 3.8) is 0 Å². The van der Waals surface area contributed by atoms with Crippen LogP contribution in [0.1, 0.15) is 30.3 Å². The second kappa shape index (κ2) is 10.5. The molecule has 1 aromatic carbocycles. The van der Waals surface area contributed by atoms with Crippen LogP contribution in [-0.2, 0) is 21.8 Å². The summed E-state index contributed by atoms with van der Waals surface area (Å²) >= 11 is 1.45. The van der Waals surface area contributed by atoms with Crippen LogP contribution >= 0.6 is 11.8 Å². The number of thioether (sulfide) groups is 1. The van der Waals surface area contributed by atoms with Crippen LogP contribution in [0.15, 0.2) is 53.0 Å². The molecule has 1 unspecified atom stereocenters. The number of hydrogen-bond acceptors (Lipinski definition) is 8. The fraction of sp³-hybridized carbons (Fsp3) is 0.227. The number of benzene rings is 1. The molecule has 9 nitrogen and oxygen atoms in total. The number of anilines is 1. The van der Waals surface area contributed by atoms with Gasteiger partial charge in [-0.25, -0.2) is 4.99 Å². The Morgan fingerprint density at radius 1 is 1.25 bits per heavy atom. The quantitative estimate of drug-likeness (QED) is 0.478. The van der Waals surface area contributed by atoms with Crippen LogP contribution in [0.2, 0.25) is 0 Å². The average molecular weight is 451 g/mol. The number of amidine groups is 1. The Kier molecular flexibility index (Phi) is 7.46. The molecule has 3 rings (SSSR count). The van der Waals surface area contributed by atoms with E-state index in [2.05, 4.69) is 26.7 Å². The highest BCUT2D eigenvalue weighted by atomic mass is 32.2. The van der Waals surface area contributed by atoms with Crippen molar-refractivity contribution in [3.05, 3.63) is 65.0 Å². The summed E-state index contributed by atoms with van der Waals surface area (Å²) in [6.07, 6.45) is 0.397. The summed E-state index contributed by atoms with van der Waals surface area (Å²) in [5.41, 5.74) is 9.35. The molecule has 5 N–H and O–H groups in total. The van der Waals surface area contributed by atoms with Crippen molar-refractivity contribution < 1.29 is 14.7 Å². The van der Waals surface area contributed by atoms with Crippen molar-refractivity contribution in [1.29, 1.82) is 5.26 Å². The first-order chi connectivity index (χ1) is 15.4. The molecule has 0 fully saturated rings. The van der Waals surface area contributed by atoms with Gasteiger partial charge in [-0.1, -0.05) is 18.2 Å². The van der Waals surface area contributed by atoms with E-state index in [0.29, 0.717) is 23.6 Å². The summed E-state index contributed by atoms with van der Waals surface area (Å²) < 4.78 is 0. The van der Waals surface area contributed by atoms with E-state index in [4.69, 9.17) is 10.8 Å². The number of nitrogens with two attached hydrogens (primary N) is 1. The molecule has 0 spiro atoms. The molecular weight excluding hydrogens is 428 g/mol. The Morgan fingerprint density at radius 3 is 2.62 bits per heavy atom. The molecule has 1 aliphatic heterocycles. The van der Waals surface area contributed by atoms with E-state index in [1.54, 1.807) is 30.3 Å². The van der Waals surface area contributed by atoms with E-state index in [9.17, 15) is 14.9 Å². The lowest BCUT2D eigenvalue weighted by Crippen LogP contribution is -2.34. The van der Waals surface area contributed by atoms with Gasteiger partial charge in [0, 0.05) is 30.5 Å². The van der Waals surface area contributed by atoms with Gasteiger partial charge in [-0.3, -0.25) is 14.6 Å². The predicted octanol–water partition coefficient (Wildman–Crippen LogP) is 2.47. The maximum atomic E-state index is 11.2. The number of carbonyl (C=O) groups is 2. The Morgan fingerprint density at radius 2 is 1.97 bits per heavy atom. The highest BCUT2D eigenvalue weighted by Gasteiger charge is 2.23. The molecule has 1 amide bonds. The number of nitriles is 1. The number of nitrogens with one attached hydrogen (secondary N) is 2.